The number of nitrogens with zero attached hydrogens (tertiary/aromatic N) is 1. The van der Waals surface area contributed by atoms with E-state index in [-0.39, 0.29) is 5.92 Å². The highest BCUT2D eigenvalue weighted by Crippen LogP contribution is 2.29. The molecular weight excluding hydrogens is 276 g/mol. The lowest BCUT2D eigenvalue weighted by Gasteiger charge is -2.21. The summed E-state index contributed by atoms with van der Waals surface area (Å²) in [6, 6.07) is 6.28. The van der Waals surface area contributed by atoms with Crippen LogP contribution in [0.15, 0.2) is 30.7 Å². The summed E-state index contributed by atoms with van der Waals surface area (Å²) in [7, 11) is 0. The minimum Gasteiger partial charge on any atom is -0.481 e. The zero-order valence-corrected chi connectivity index (χ0v) is 13.7. The summed E-state index contributed by atoms with van der Waals surface area (Å²) in [6.07, 6.45) is 4.95. The third-order valence-corrected chi connectivity index (χ3v) is 4.54. The van der Waals surface area contributed by atoms with Gasteiger partial charge in [-0.3, -0.25) is 4.79 Å². The summed E-state index contributed by atoms with van der Waals surface area (Å²) < 4.78 is 0. The van der Waals surface area contributed by atoms with Gasteiger partial charge >= 0.3 is 5.97 Å². The number of aryl methyl sites for hydroxylation is 1. The standard InChI is InChI=1S/C18H24N2O2/c1-12-14(8-9-18(3,4)17(21)22)6-5-7-15(12)13(2)16-10-19-11-20-16/h5-7,10-11,13H,8-9H2,1-4H3,(H,19,20)(H,21,22). The van der Waals surface area contributed by atoms with Gasteiger partial charge in [0.2, 0.25) is 0 Å². The van der Waals surface area contributed by atoms with Crippen molar-refractivity contribution < 1.29 is 9.90 Å². The molecule has 0 spiro atoms. The van der Waals surface area contributed by atoms with Crippen LogP contribution in [0.1, 0.15) is 55.5 Å². The van der Waals surface area contributed by atoms with Crippen molar-refractivity contribution in [2.75, 3.05) is 0 Å². The van der Waals surface area contributed by atoms with E-state index in [0.717, 1.165) is 12.1 Å². The molecule has 1 aromatic heterocycles. The first-order valence-corrected chi connectivity index (χ1v) is 7.63. The van der Waals surface area contributed by atoms with E-state index in [0.29, 0.717) is 6.42 Å². The molecule has 22 heavy (non-hydrogen) atoms. The number of benzene rings is 1. The first-order valence-electron chi connectivity index (χ1n) is 7.63. The number of aromatic nitrogens is 2. The zero-order chi connectivity index (χ0) is 16.3. The maximum Gasteiger partial charge on any atom is 0.309 e. The number of hydrogen-bond donors (Lipinski definition) is 2. The van der Waals surface area contributed by atoms with Crippen LogP contribution in [0.25, 0.3) is 0 Å². The van der Waals surface area contributed by atoms with Gasteiger partial charge in [0.15, 0.2) is 0 Å². The van der Waals surface area contributed by atoms with Gasteiger partial charge in [-0.15, -0.1) is 0 Å². The van der Waals surface area contributed by atoms with Crippen LogP contribution in [0.4, 0.5) is 0 Å². The molecule has 0 aliphatic carbocycles. The number of aromatic amines is 1. The van der Waals surface area contributed by atoms with Crippen molar-refractivity contribution in [1.82, 2.24) is 9.97 Å². The number of carbonyl (C=O) groups is 1. The van der Waals surface area contributed by atoms with E-state index >= 15 is 0 Å². The SMILES string of the molecule is Cc1c(CCC(C)(C)C(=O)O)cccc1C(C)c1cnc[nH]1. The Balaban J connectivity index is 2.21. The second-order valence-corrected chi connectivity index (χ2v) is 6.55. The average molecular weight is 300 g/mol. The number of carboxylic acids is 1. The zero-order valence-electron chi connectivity index (χ0n) is 13.7. The molecular formula is C18H24N2O2. The van der Waals surface area contributed by atoms with Crippen molar-refractivity contribution in [3.63, 3.8) is 0 Å². The number of imidazole rings is 1. The Labute approximate surface area is 131 Å². The van der Waals surface area contributed by atoms with Gasteiger partial charge in [0.05, 0.1) is 11.7 Å². The lowest BCUT2D eigenvalue weighted by molar-refractivity contribution is -0.147. The molecule has 4 heteroatoms. The van der Waals surface area contributed by atoms with Crippen LogP contribution in [0.5, 0.6) is 0 Å². The fourth-order valence-electron chi connectivity index (χ4n) is 2.67. The predicted octanol–water partition coefficient (Wildman–Crippen LogP) is 3.91. The summed E-state index contributed by atoms with van der Waals surface area (Å²) in [6.45, 7) is 7.83. The molecule has 2 rings (SSSR count). The van der Waals surface area contributed by atoms with E-state index in [2.05, 4.69) is 42.0 Å². The predicted molar refractivity (Wildman–Crippen MR) is 87.0 cm³/mol. The molecule has 0 radical (unpaired) electrons. The summed E-state index contributed by atoms with van der Waals surface area (Å²) in [5.41, 5.74) is 4.11. The molecule has 4 nitrogen and oxygen atoms in total. The lowest BCUT2D eigenvalue weighted by Crippen LogP contribution is -2.24. The fraction of sp³-hybridized carbons (Fsp3) is 0.444. The van der Waals surface area contributed by atoms with Crippen molar-refractivity contribution in [1.29, 1.82) is 0 Å². The molecule has 0 amide bonds. The molecule has 0 aliphatic rings. The monoisotopic (exact) mass is 300 g/mol. The van der Waals surface area contributed by atoms with Gasteiger partial charge in [0, 0.05) is 17.8 Å². The quantitative estimate of drug-likeness (QED) is 0.850. The molecule has 0 aliphatic heterocycles. The normalized spacial score (nSPS) is 13.1. The highest BCUT2D eigenvalue weighted by atomic mass is 16.4. The highest BCUT2D eigenvalue weighted by Gasteiger charge is 2.27. The molecule has 118 valence electrons. The van der Waals surface area contributed by atoms with Gasteiger partial charge < -0.3 is 10.1 Å². The number of nitrogens with one attached hydrogen (secondary N) is 1. The number of H-pyrrole nitrogens is 1. The molecule has 1 unspecified atom stereocenters. The van der Waals surface area contributed by atoms with Gasteiger partial charge in [-0.1, -0.05) is 25.1 Å². The van der Waals surface area contributed by atoms with Gasteiger partial charge in [0.1, 0.15) is 0 Å². The number of rotatable bonds is 6. The van der Waals surface area contributed by atoms with Gasteiger partial charge in [-0.05, 0) is 50.3 Å². The minimum atomic E-state index is -0.743. The first kappa shape index (κ1) is 16.3. The molecule has 0 saturated carbocycles. The summed E-state index contributed by atoms with van der Waals surface area (Å²) in [5, 5.41) is 9.25. The minimum absolute atomic E-state index is 0.245. The number of hydrogen-bond acceptors (Lipinski definition) is 2. The Morgan fingerprint density at radius 2 is 2.14 bits per heavy atom. The Morgan fingerprint density at radius 3 is 2.73 bits per heavy atom. The van der Waals surface area contributed by atoms with Crippen molar-refractivity contribution in [3.8, 4) is 0 Å². The molecule has 0 fully saturated rings. The summed E-state index contributed by atoms with van der Waals surface area (Å²) >= 11 is 0. The molecule has 0 saturated heterocycles. The van der Waals surface area contributed by atoms with E-state index in [1.54, 1.807) is 20.2 Å². The largest absolute Gasteiger partial charge is 0.481 e. The third kappa shape index (κ3) is 3.38. The van der Waals surface area contributed by atoms with Crippen molar-refractivity contribution in [2.45, 2.75) is 46.5 Å². The van der Waals surface area contributed by atoms with Crippen LogP contribution >= 0.6 is 0 Å². The van der Waals surface area contributed by atoms with Crippen LogP contribution < -0.4 is 0 Å². The van der Waals surface area contributed by atoms with Gasteiger partial charge in [0.25, 0.3) is 0 Å². The second-order valence-electron chi connectivity index (χ2n) is 6.55. The van der Waals surface area contributed by atoms with E-state index < -0.39 is 11.4 Å². The van der Waals surface area contributed by atoms with Gasteiger partial charge in [-0.25, -0.2) is 4.98 Å². The summed E-state index contributed by atoms with van der Waals surface area (Å²) in [5.74, 6) is -0.498. The number of aliphatic carboxylic acids is 1. The number of carboxylic acid groups (broad SMARTS) is 1. The van der Waals surface area contributed by atoms with Crippen LogP contribution in [0, 0.1) is 12.3 Å². The van der Waals surface area contributed by atoms with Crippen molar-refractivity contribution >= 4 is 5.97 Å². The van der Waals surface area contributed by atoms with Crippen LogP contribution in [-0.4, -0.2) is 21.0 Å². The van der Waals surface area contributed by atoms with Crippen LogP contribution in [0.2, 0.25) is 0 Å². The second kappa shape index (κ2) is 6.34. The molecule has 0 bridgehead atoms. The molecule has 2 aromatic rings. The van der Waals surface area contributed by atoms with E-state index in [1.807, 2.05) is 6.20 Å². The van der Waals surface area contributed by atoms with Crippen molar-refractivity contribution in [3.05, 3.63) is 53.1 Å². The van der Waals surface area contributed by atoms with Crippen molar-refractivity contribution in [2.24, 2.45) is 5.41 Å². The van der Waals surface area contributed by atoms with Gasteiger partial charge in [-0.2, -0.15) is 0 Å². The third-order valence-electron chi connectivity index (χ3n) is 4.54. The van der Waals surface area contributed by atoms with Crippen LogP contribution in [-0.2, 0) is 11.2 Å². The maximum absolute atomic E-state index is 11.2. The Kier molecular flexibility index (Phi) is 4.69. The molecule has 1 heterocycles. The first-order chi connectivity index (χ1) is 10.3. The van der Waals surface area contributed by atoms with Crippen LogP contribution in [0.3, 0.4) is 0 Å². The molecule has 1 atom stereocenters. The molecule has 2 N–H and O–H groups in total. The summed E-state index contributed by atoms with van der Waals surface area (Å²) in [4.78, 5) is 18.5. The Hall–Kier alpha value is -2.10. The Bertz CT molecular complexity index is 645. The lowest BCUT2D eigenvalue weighted by atomic mass is 9.84. The Morgan fingerprint density at radius 1 is 1.41 bits per heavy atom. The smallest absolute Gasteiger partial charge is 0.309 e. The van der Waals surface area contributed by atoms with E-state index in [1.165, 1.54) is 16.7 Å². The van der Waals surface area contributed by atoms with E-state index in [9.17, 15) is 9.90 Å². The molecule has 1 aromatic carbocycles. The van der Waals surface area contributed by atoms with E-state index in [4.69, 9.17) is 0 Å². The topological polar surface area (TPSA) is 66.0 Å². The highest BCUT2D eigenvalue weighted by molar-refractivity contribution is 5.73. The fourth-order valence-corrected chi connectivity index (χ4v) is 2.67. The average Bonchev–Trinajstić information content (AvgIpc) is 2.99. The maximum atomic E-state index is 11.2.